The molecular weight excluding hydrogens is 434 g/mol. The Balaban J connectivity index is 1.52. The number of hydrogen-bond acceptors (Lipinski definition) is 5. The number of pyridine rings is 1. The molecule has 2 aromatic carbocycles. The van der Waals surface area contributed by atoms with Crippen LogP contribution >= 0.6 is 11.3 Å². The number of halogens is 2. The smallest absolute Gasteiger partial charge is 0.272 e. The Morgan fingerprint density at radius 3 is 2.75 bits per heavy atom. The van der Waals surface area contributed by atoms with Crippen LogP contribution in [-0.4, -0.2) is 25.5 Å². The van der Waals surface area contributed by atoms with Gasteiger partial charge in [-0.15, -0.1) is 0 Å². The largest absolute Gasteiger partial charge is 0.389 e. The lowest BCUT2D eigenvalue weighted by molar-refractivity contribution is 0.101. The Morgan fingerprint density at radius 1 is 1.09 bits per heavy atom. The number of aliphatic hydroxyl groups is 1. The molecule has 9 heteroatoms. The number of benzene rings is 2. The van der Waals surface area contributed by atoms with E-state index in [2.05, 4.69) is 15.3 Å². The van der Waals surface area contributed by atoms with E-state index in [0.717, 1.165) is 0 Å². The van der Waals surface area contributed by atoms with Crippen LogP contribution in [-0.2, 0) is 13.2 Å². The van der Waals surface area contributed by atoms with Crippen molar-refractivity contribution in [1.82, 2.24) is 14.5 Å². The molecule has 0 unspecified atom stereocenters. The molecule has 0 saturated heterocycles. The van der Waals surface area contributed by atoms with E-state index in [9.17, 15) is 18.7 Å². The fourth-order valence-corrected chi connectivity index (χ4v) is 4.36. The third-order valence-electron chi connectivity index (χ3n) is 5.01. The van der Waals surface area contributed by atoms with E-state index in [0.29, 0.717) is 43.2 Å². The SMILES string of the molecule is O=C(Nc1cnc2sc(CO)nc2c1)c1cc2cc(F)ccc2n1Cc1cccc(F)c1. The van der Waals surface area contributed by atoms with Crippen LogP contribution in [0.15, 0.2) is 60.8 Å². The summed E-state index contributed by atoms with van der Waals surface area (Å²) in [6.07, 6.45) is 1.51. The standard InChI is InChI=1S/C23H16F2N4O2S/c24-15-3-1-2-13(6-15)11-29-19-5-4-16(25)7-14(19)8-20(29)22(31)27-17-9-18-23(26-10-17)32-21(12-30)28-18/h1-10,30H,11-12H2,(H,27,31). The summed E-state index contributed by atoms with van der Waals surface area (Å²) in [5.74, 6) is -1.21. The summed E-state index contributed by atoms with van der Waals surface area (Å²) >= 11 is 1.28. The Kier molecular flexibility index (Phi) is 5.12. The third kappa shape index (κ3) is 3.83. The highest BCUT2D eigenvalue weighted by molar-refractivity contribution is 7.18. The van der Waals surface area contributed by atoms with Crippen molar-refractivity contribution in [3.63, 3.8) is 0 Å². The number of carbonyl (C=O) groups is 1. The molecule has 0 radical (unpaired) electrons. The minimum atomic E-state index is -0.420. The van der Waals surface area contributed by atoms with Crippen LogP contribution in [0.2, 0.25) is 0 Å². The van der Waals surface area contributed by atoms with Crippen LogP contribution in [0.1, 0.15) is 21.1 Å². The lowest BCUT2D eigenvalue weighted by Gasteiger charge is -2.11. The van der Waals surface area contributed by atoms with Crippen molar-refractivity contribution < 1.29 is 18.7 Å². The Hall–Kier alpha value is -3.69. The van der Waals surface area contributed by atoms with E-state index in [-0.39, 0.29) is 19.0 Å². The third-order valence-corrected chi connectivity index (χ3v) is 5.97. The van der Waals surface area contributed by atoms with E-state index in [1.807, 2.05) is 0 Å². The molecule has 2 N–H and O–H groups in total. The fraction of sp³-hybridized carbons (Fsp3) is 0.0870. The summed E-state index contributed by atoms with van der Waals surface area (Å²) in [5.41, 5.74) is 2.62. The van der Waals surface area contributed by atoms with Crippen LogP contribution in [0, 0.1) is 11.6 Å². The maximum atomic E-state index is 13.8. The number of aliphatic hydroxyl groups excluding tert-OH is 1. The van der Waals surface area contributed by atoms with Crippen LogP contribution in [0.4, 0.5) is 14.5 Å². The second kappa shape index (κ2) is 8.10. The molecule has 3 aromatic heterocycles. The molecule has 1 amide bonds. The first-order valence-electron chi connectivity index (χ1n) is 9.71. The molecule has 3 heterocycles. The van der Waals surface area contributed by atoms with Gasteiger partial charge in [0.1, 0.15) is 32.7 Å². The molecule has 0 aliphatic heterocycles. The molecule has 0 fully saturated rings. The molecule has 0 spiro atoms. The van der Waals surface area contributed by atoms with Gasteiger partial charge in [-0.3, -0.25) is 4.79 Å². The predicted octanol–water partition coefficient (Wildman–Crippen LogP) is 4.72. The summed E-state index contributed by atoms with van der Waals surface area (Å²) in [7, 11) is 0. The second-order valence-electron chi connectivity index (χ2n) is 7.22. The zero-order valence-corrected chi connectivity index (χ0v) is 17.4. The second-order valence-corrected chi connectivity index (χ2v) is 8.28. The number of anilines is 1. The maximum absolute atomic E-state index is 13.8. The molecule has 5 rings (SSSR count). The molecular formula is C23H16F2N4O2S. The monoisotopic (exact) mass is 450 g/mol. The van der Waals surface area contributed by atoms with E-state index < -0.39 is 11.7 Å². The van der Waals surface area contributed by atoms with Gasteiger partial charge >= 0.3 is 0 Å². The number of amides is 1. The van der Waals surface area contributed by atoms with Gasteiger partial charge in [0.25, 0.3) is 5.91 Å². The quantitative estimate of drug-likeness (QED) is 0.406. The molecule has 0 atom stereocenters. The molecule has 6 nitrogen and oxygen atoms in total. The maximum Gasteiger partial charge on any atom is 0.272 e. The van der Waals surface area contributed by atoms with Crippen molar-refractivity contribution in [2.24, 2.45) is 0 Å². The van der Waals surface area contributed by atoms with Gasteiger partial charge in [0, 0.05) is 17.4 Å². The van der Waals surface area contributed by atoms with Crippen LogP contribution in [0.3, 0.4) is 0 Å². The van der Waals surface area contributed by atoms with E-state index in [1.54, 1.807) is 34.9 Å². The van der Waals surface area contributed by atoms with Gasteiger partial charge in [-0.2, -0.15) is 0 Å². The summed E-state index contributed by atoms with van der Waals surface area (Å²) < 4.78 is 29.2. The number of fused-ring (bicyclic) bond motifs is 2. The van der Waals surface area contributed by atoms with Crippen molar-refractivity contribution in [3.05, 3.63) is 88.7 Å². The molecule has 0 saturated carbocycles. The average molecular weight is 450 g/mol. The fourth-order valence-electron chi connectivity index (χ4n) is 3.62. The number of hydrogen-bond donors (Lipinski definition) is 2. The van der Waals surface area contributed by atoms with Crippen molar-refractivity contribution in [3.8, 4) is 0 Å². The van der Waals surface area contributed by atoms with Crippen molar-refractivity contribution >= 4 is 44.2 Å². The highest BCUT2D eigenvalue weighted by Gasteiger charge is 2.18. The first kappa shape index (κ1) is 20.2. The normalized spacial score (nSPS) is 11.3. The molecule has 160 valence electrons. The Labute approximate surface area is 184 Å². The molecule has 0 bridgehead atoms. The molecule has 0 aliphatic carbocycles. The highest BCUT2D eigenvalue weighted by Crippen LogP contribution is 2.25. The predicted molar refractivity (Wildman–Crippen MR) is 119 cm³/mol. The first-order chi connectivity index (χ1) is 15.5. The number of nitrogens with zero attached hydrogens (tertiary/aromatic N) is 3. The highest BCUT2D eigenvalue weighted by atomic mass is 32.1. The van der Waals surface area contributed by atoms with Crippen LogP contribution in [0.5, 0.6) is 0 Å². The van der Waals surface area contributed by atoms with Gasteiger partial charge < -0.3 is 15.0 Å². The van der Waals surface area contributed by atoms with E-state index >= 15 is 0 Å². The minimum absolute atomic E-state index is 0.181. The number of nitrogens with one attached hydrogen (secondary N) is 1. The summed E-state index contributed by atoms with van der Waals surface area (Å²) in [4.78, 5) is 22.4. The van der Waals surface area contributed by atoms with Crippen molar-refractivity contribution in [1.29, 1.82) is 0 Å². The Morgan fingerprint density at radius 2 is 1.94 bits per heavy atom. The topological polar surface area (TPSA) is 80.0 Å². The first-order valence-corrected chi connectivity index (χ1v) is 10.5. The lowest BCUT2D eigenvalue weighted by atomic mass is 10.2. The zero-order valence-electron chi connectivity index (χ0n) is 16.5. The minimum Gasteiger partial charge on any atom is -0.389 e. The average Bonchev–Trinajstić information content (AvgIpc) is 3.34. The van der Waals surface area contributed by atoms with Crippen LogP contribution < -0.4 is 5.32 Å². The number of carbonyl (C=O) groups excluding carboxylic acids is 1. The van der Waals surface area contributed by atoms with Gasteiger partial charge in [-0.1, -0.05) is 23.5 Å². The number of rotatable bonds is 5. The number of thiazole rings is 1. The van der Waals surface area contributed by atoms with Gasteiger partial charge in [-0.25, -0.2) is 18.7 Å². The molecule has 0 aliphatic rings. The van der Waals surface area contributed by atoms with E-state index in [1.165, 1.54) is 41.8 Å². The molecule has 32 heavy (non-hydrogen) atoms. The van der Waals surface area contributed by atoms with Gasteiger partial charge in [0.2, 0.25) is 0 Å². The van der Waals surface area contributed by atoms with Crippen molar-refractivity contribution in [2.45, 2.75) is 13.2 Å². The Bertz CT molecular complexity index is 1480. The summed E-state index contributed by atoms with van der Waals surface area (Å²) in [5, 5.41) is 13.2. The zero-order chi connectivity index (χ0) is 22.2. The van der Waals surface area contributed by atoms with E-state index in [4.69, 9.17) is 0 Å². The number of aromatic nitrogens is 3. The summed E-state index contributed by atoms with van der Waals surface area (Å²) in [6.45, 7) is 0.0539. The van der Waals surface area contributed by atoms with Crippen LogP contribution in [0.25, 0.3) is 21.3 Å². The van der Waals surface area contributed by atoms with Gasteiger partial charge in [-0.05, 0) is 48.0 Å². The van der Waals surface area contributed by atoms with Gasteiger partial charge in [0.15, 0.2) is 0 Å². The summed E-state index contributed by atoms with van der Waals surface area (Å²) in [6, 6.07) is 13.7. The molecule has 5 aromatic rings. The van der Waals surface area contributed by atoms with Gasteiger partial charge in [0.05, 0.1) is 18.5 Å². The van der Waals surface area contributed by atoms with Crippen molar-refractivity contribution in [2.75, 3.05) is 5.32 Å². The lowest BCUT2D eigenvalue weighted by Crippen LogP contribution is -2.17.